The van der Waals surface area contributed by atoms with Gasteiger partial charge in [-0.1, -0.05) is 24.3 Å². The topological polar surface area (TPSA) is 27.7 Å². The Bertz CT molecular complexity index is 763. The highest BCUT2D eigenvalue weighted by molar-refractivity contribution is 5.30. The zero-order valence-electron chi connectivity index (χ0n) is 17.4. The summed E-state index contributed by atoms with van der Waals surface area (Å²) in [7, 11) is 4.11. The van der Waals surface area contributed by atoms with E-state index in [1.165, 1.54) is 5.56 Å². The Kier molecular flexibility index (Phi) is 7.05. The number of hydrogen-bond donors (Lipinski definition) is 1. The van der Waals surface area contributed by atoms with Gasteiger partial charge in [0.05, 0.1) is 0 Å². The summed E-state index contributed by atoms with van der Waals surface area (Å²) in [6, 6.07) is 14.1. The molecule has 1 aliphatic heterocycles. The molecule has 28 heavy (non-hydrogen) atoms. The summed E-state index contributed by atoms with van der Waals surface area (Å²) in [6.07, 6.45) is -0.208. The summed E-state index contributed by atoms with van der Waals surface area (Å²) < 4.78 is 20.6. The Balaban J connectivity index is 1.77. The fourth-order valence-corrected chi connectivity index (χ4v) is 3.64. The number of nitrogens with one attached hydrogen (secondary N) is 1. The lowest BCUT2D eigenvalue weighted by Crippen LogP contribution is -2.50. The van der Waals surface area contributed by atoms with Gasteiger partial charge in [0.1, 0.15) is 17.7 Å². The van der Waals surface area contributed by atoms with Crippen LogP contribution >= 0.6 is 0 Å². The van der Waals surface area contributed by atoms with Crippen molar-refractivity contribution in [1.82, 2.24) is 15.1 Å². The lowest BCUT2D eigenvalue weighted by molar-refractivity contribution is 0.112. The fourth-order valence-electron chi connectivity index (χ4n) is 3.64. The van der Waals surface area contributed by atoms with Crippen molar-refractivity contribution in [1.29, 1.82) is 0 Å². The van der Waals surface area contributed by atoms with E-state index in [1.54, 1.807) is 13.0 Å². The van der Waals surface area contributed by atoms with E-state index < -0.39 is 0 Å². The monoisotopic (exact) mass is 385 g/mol. The van der Waals surface area contributed by atoms with Crippen molar-refractivity contribution in [2.45, 2.75) is 32.5 Å². The van der Waals surface area contributed by atoms with Crippen molar-refractivity contribution in [2.24, 2.45) is 0 Å². The summed E-state index contributed by atoms with van der Waals surface area (Å²) in [5.74, 6) is 0.637. The van der Waals surface area contributed by atoms with Crippen LogP contribution in [-0.4, -0.2) is 56.1 Å². The molecule has 0 bridgehead atoms. The van der Waals surface area contributed by atoms with Gasteiger partial charge in [0, 0.05) is 38.8 Å². The third-order valence-corrected chi connectivity index (χ3v) is 5.15. The van der Waals surface area contributed by atoms with Gasteiger partial charge in [-0.05, 0) is 62.8 Å². The summed E-state index contributed by atoms with van der Waals surface area (Å²) in [5, 5.41) is 3.47. The molecule has 0 saturated carbocycles. The van der Waals surface area contributed by atoms with Crippen LogP contribution in [0.2, 0.25) is 0 Å². The molecule has 1 saturated heterocycles. The summed E-state index contributed by atoms with van der Waals surface area (Å²) >= 11 is 0. The average molecular weight is 386 g/mol. The Hall–Kier alpha value is -1.95. The molecule has 152 valence electrons. The van der Waals surface area contributed by atoms with E-state index in [2.05, 4.69) is 48.3 Å². The Labute approximate surface area is 168 Å². The lowest BCUT2D eigenvalue weighted by atomic mass is 10.1. The minimum Gasteiger partial charge on any atom is -0.484 e. The maximum atomic E-state index is 14.2. The van der Waals surface area contributed by atoms with E-state index in [4.69, 9.17) is 4.74 Å². The number of nitrogens with zero attached hydrogens (tertiary/aromatic N) is 2. The first-order valence-corrected chi connectivity index (χ1v) is 10.0. The zero-order valence-corrected chi connectivity index (χ0v) is 17.4. The summed E-state index contributed by atoms with van der Waals surface area (Å²) in [5.41, 5.74) is 2.78. The number of halogens is 1. The molecule has 0 aromatic heterocycles. The fraction of sp³-hybridized carbons (Fsp3) is 0.478. The van der Waals surface area contributed by atoms with Crippen LogP contribution in [0.1, 0.15) is 29.7 Å². The second-order valence-corrected chi connectivity index (χ2v) is 8.11. The predicted octanol–water partition coefficient (Wildman–Crippen LogP) is 3.61. The highest BCUT2D eigenvalue weighted by Crippen LogP contribution is 2.25. The average Bonchev–Trinajstić information content (AvgIpc) is 2.65. The van der Waals surface area contributed by atoms with E-state index >= 15 is 0 Å². The molecule has 0 aliphatic carbocycles. The minimum absolute atomic E-state index is 0.180. The van der Waals surface area contributed by atoms with Crippen molar-refractivity contribution in [3.8, 4) is 5.75 Å². The maximum Gasteiger partial charge on any atom is 0.136 e. The number of aryl methyl sites for hydroxylation is 1. The number of hydrogen-bond acceptors (Lipinski definition) is 4. The van der Waals surface area contributed by atoms with Gasteiger partial charge in [-0.15, -0.1) is 0 Å². The standard InChI is InChI=1S/C23H32FN3O/c1-17-5-8-20(13-22(17)24)23(16-27-12-11-25-18(2)14-27)28-21-9-6-19(7-10-21)15-26(3)4/h5-10,13,18,23,25H,11-12,14-16H2,1-4H3/t18-,23?/m1/s1. The molecule has 1 aliphatic rings. The van der Waals surface area contributed by atoms with Crippen LogP contribution in [0.15, 0.2) is 42.5 Å². The van der Waals surface area contributed by atoms with Crippen molar-refractivity contribution in [3.05, 3.63) is 65.0 Å². The third-order valence-electron chi connectivity index (χ3n) is 5.15. The molecule has 3 rings (SSSR count). The van der Waals surface area contributed by atoms with Crippen LogP contribution < -0.4 is 10.1 Å². The molecule has 1 fully saturated rings. The van der Waals surface area contributed by atoms with Crippen molar-refractivity contribution in [2.75, 3.05) is 40.3 Å². The molecule has 2 aromatic rings. The molecular weight excluding hydrogens is 353 g/mol. The highest BCUT2D eigenvalue weighted by Gasteiger charge is 2.22. The van der Waals surface area contributed by atoms with Gasteiger partial charge in [0.2, 0.25) is 0 Å². The van der Waals surface area contributed by atoms with Crippen LogP contribution in [-0.2, 0) is 6.54 Å². The SMILES string of the molecule is Cc1ccc(C(CN2CCN[C@H](C)C2)Oc2ccc(CN(C)C)cc2)cc1F. The predicted molar refractivity (Wildman–Crippen MR) is 112 cm³/mol. The quantitative estimate of drug-likeness (QED) is 0.788. The second-order valence-electron chi connectivity index (χ2n) is 8.11. The molecule has 4 nitrogen and oxygen atoms in total. The minimum atomic E-state index is -0.208. The second kappa shape index (κ2) is 9.50. The molecule has 0 radical (unpaired) electrons. The molecule has 2 atom stereocenters. The van der Waals surface area contributed by atoms with Gasteiger partial charge in [0.25, 0.3) is 0 Å². The van der Waals surface area contributed by atoms with Crippen LogP contribution in [0.25, 0.3) is 0 Å². The van der Waals surface area contributed by atoms with Gasteiger partial charge in [-0.25, -0.2) is 4.39 Å². The van der Waals surface area contributed by atoms with E-state index in [0.717, 1.165) is 44.0 Å². The highest BCUT2D eigenvalue weighted by atomic mass is 19.1. The number of piperazine rings is 1. The lowest BCUT2D eigenvalue weighted by Gasteiger charge is -2.34. The molecule has 1 heterocycles. The van der Waals surface area contributed by atoms with Crippen LogP contribution in [0, 0.1) is 12.7 Å². The van der Waals surface area contributed by atoms with E-state index in [0.29, 0.717) is 11.6 Å². The molecule has 2 aromatic carbocycles. The Morgan fingerprint density at radius 2 is 1.96 bits per heavy atom. The van der Waals surface area contributed by atoms with Crippen molar-refractivity contribution >= 4 is 0 Å². The third kappa shape index (κ3) is 5.77. The normalized spacial score (nSPS) is 19.0. The molecule has 1 unspecified atom stereocenters. The molecule has 5 heteroatoms. The van der Waals surface area contributed by atoms with Crippen molar-refractivity contribution < 1.29 is 9.13 Å². The van der Waals surface area contributed by atoms with Gasteiger partial charge >= 0.3 is 0 Å². The molecule has 0 amide bonds. The van der Waals surface area contributed by atoms with Gasteiger partial charge < -0.3 is 15.0 Å². The van der Waals surface area contributed by atoms with Crippen LogP contribution in [0.4, 0.5) is 4.39 Å². The summed E-state index contributed by atoms with van der Waals surface area (Å²) in [6.45, 7) is 8.53. The smallest absolute Gasteiger partial charge is 0.136 e. The van der Waals surface area contributed by atoms with Crippen LogP contribution in [0.5, 0.6) is 5.75 Å². The number of ether oxygens (including phenoxy) is 1. The summed E-state index contributed by atoms with van der Waals surface area (Å²) in [4.78, 5) is 4.53. The van der Waals surface area contributed by atoms with Gasteiger partial charge in [0.15, 0.2) is 0 Å². The largest absolute Gasteiger partial charge is 0.484 e. The molecular formula is C23H32FN3O. The molecule has 0 spiro atoms. The number of rotatable bonds is 7. The Morgan fingerprint density at radius 1 is 1.21 bits per heavy atom. The van der Waals surface area contributed by atoms with Crippen LogP contribution in [0.3, 0.4) is 0 Å². The van der Waals surface area contributed by atoms with Crippen molar-refractivity contribution in [3.63, 3.8) is 0 Å². The zero-order chi connectivity index (χ0) is 20.1. The first-order chi connectivity index (χ1) is 13.4. The number of benzene rings is 2. The first kappa shape index (κ1) is 20.8. The van der Waals surface area contributed by atoms with Gasteiger partial charge in [-0.2, -0.15) is 0 Å². The maximum absolute atomic E-state index is 14.2. The Morgan fingerprint density at radius 3 is 2.61 bits per heavy atom. The molecule has 1 N–H and O–H groups in total. The van der Waals surface area contributed by atoms with Gasteiger partial charge in [-0.3, -0.25) is 4.90 Å². The van der Waals surface area contributed by atoms with E-state index in [9.17, 15) is 4.39 Å². The van der Waals surface area contributed by atoms with E-state index in [-0.39, 0.29) is 11.9 Å². The first-order valence-electron chi connectivity index (χ1n) is 10.0. The van der Waals surface area contributed by atoms with E-state index in [1.807, 2.05) is 24.3 Å².